The van der Waals surface area contributed by atoms with Crippen molar-refractivity contribution >= 4 is 23.3 Å². The first-order chi connectivity index (χ1) is 16.0. The molecule has 0 fully saturated rings. The number of aromatic hydroxyl groups is 1. The molecule has 4 N–H and O–H groups in total. The molecule has 0 radical (unpaired) electrons. The molecule has 8 nitrogen and oxygen atoms in total. The summed E-state index contributed by atoms with van der Waals surface area (Å²) < 4.78 is 4.84. The van der Waals surface area contributed by atoms with Crippen LogP contribution in [-0.2, 0) is 9.53 Å². The first-order valence-corrected chi connectivity index (χ1v) is 10.3. The number of carbonyl (C=O) groups excluding carboxylic acids is 2. The van der Waals surface area contributed by atoms with E-state index in [1.807, 2.05) is 12.1 Å². The summed E-state index contributed by atoms with van der Waals surface area (Å²) >= 11 is 0. The fourth-order valence-electron chi connectivity index (χ4n) is 3.05. The Bertz CT molecular complexity index is 1160. The van der Waals surface area contributed by atoms with Crippen molar-refractivity contribution in [3.63, 3.8) is 0 Å². The van der Waals surface area contributed by atoms with Gasteiger partial charge in [-0.1, -0.05) is 36.4 Å². The van der Waals surface area contributed by atoms with Gasteiger partial charge in [0.25, 0.3) is 5.91 Å². The molecule has 0 saturated heterocycles. The van der Waals surface area contributed by atoms with Gasteiger partial charge in [-0.2, -0.15) is 5.11 Å². The minimum Gasteiger partial charge on any atom is -0.508 e. The van der Waals surface area contributed by atoms with Crippen molar-refractivity contribution in [3.8, 4) is 16.9 Å². The highest BCUT2D eigenvalue weighted by atomic mass is 16.5. The maximum absolute atomic E-state index is 12.7. The van der Waals surface area contributed by atoms with Crippen LogP contribution in [0, 0.1) is 5.53 Å². The van der Waals surface area contributed by atoms with Crippen LogP contribution in [0.4, 0.5) is 5.69 Å². The Morgan fingerprint density at radius 3 is 2.30 bits per heavy atom. The Kier molecular flexibility index (Phi) is 7.91. The molecule has 0 bridgehead atoms. The number of nitrogens with zero attached hydrogens (tertiary/aromatic N) is 1. The normalized spacial score (nSPS) is 10.9. The Morgan fingerprint density at radius 2 is 1.67 bits per heavy atom. The number of hydrogen-bond acceptors (Lipinski definition) is 7. The second-order valence-corrected chi connectivity index (χ2v) is 6.99. The minimum absolute atomic E-state index is 0.0383. The highest BCUT2D eigenvalue weighted by Crippen LogP contribution is 2.23. The second-order valence-electron chi connectivity index (χ2n) is 6.99. The fraction of sp³-hybridized carbons (Fsp3) is 0.120. The molecule has 0 aromatic heterocycles. The molecule has 1 amide bonds. The van der Waals surface area contributed by atoms with E-state index < -0.39 is 5.97 Å². The van der Waals surface area contributed by atoms with Gasteiger partial charge < -0.3 is 20.5 Å². The van der Waals surface area contributed by atoms with Gasteiger partial charge in [-0.3, -0.25) is 9.59 Å². The van der Waals surface area contributed by atoms with Crippen LogP contribution in [-0.4, -0.2) is 30.1 Å². The van der Waals surface area contributed by atoms with E-state index in [4.69, 9.17) is 10.3 Å². The van der Waals surface area contributed by atoms with Crippen molar-refractivity contribution in [2.45, 2.75) is 6.92 Å². The molecule has 3 aromatic rings. The van der Waals surface area contributed by atoms with Gasteiger partial charge in [0, 0.05) is 23.0 Å². The highest BCUT2D eigenvalue weighted by Gasteiger charge is 2.09. The van der Waals surface area contributed by atoms with Crippen molar-refractivity contribution in [1.29, 1.82) is 5.53 Å². The van der Waals surface area contributed by atoms with Crippen molar-refractivity contribution in [2.24, 2.45) is 5.11 Å². The van der Waals surface area contributed by atoms with E-state index in [1.54, 1.807) is 67.6 Å². The van der Waals surface area contributed by atoms with Crippen LogP contribution in [0.25, 0.3) is 16.8 Å². The maximum atomic E-state index is 12.7. The summed E-state index contributed by atoms with van der Waals surface area (Å²) in [7, 11) is 0. The van der Waals surface area contributed by atoms with Crippen LogP contribution < -0.4 is 10.6 Å². The number of phenolic OH excluding ortho intramolecular Hbond substituents is 1. The topological polar surface area (TPSA) is 124 Å². The summed E-state index contributed by atoms with van der Waals surface area (Å²) in [5, 5.41) is 18.5. The summed E-state index contributed by atoms with van der Waals surface area (Å²) in [4.78, 5) is 24.1. The lowest BCUT2D eigenvalue weighted by atomic mass is 10.0. The Hall–Kier alpha value is -4.46. The fourth-order valence-corrected chi connectivity index (χ4v) is 3.05. The van der Waals surface area contributed by atoms with Crippen molar-refractivity contribution in [3.05, 3.63) is 90.1 Å². The zero-order valence-corrected chi connectivity index (χ0v) is 18.0. The van der Waals surface area contributed by atoms with Gasteiger partial charge >= 0.3 is 5.97 Å². The SMILES string of the molecule is CCOC(=O)CN/C=C(\N=N)c1cccc(NC(=O)c2ccc(-c3ccc(O)cc3)cc2)c1. The number of phenols is 1. The summed E-state index contributed by atoms with van der Waals surface area (Å²) in [6.45, 7) is 1.98. The summed E-state index contributed by atoms with van der Waals surface area (Å²) in [5.74, 6) is -0.489. The van der Waals surface area contributed by atoms with Crippen molar-refractivity contribution < 1.29 is 19.4 Å². The number of carbonyl (C=O) groups is 2. The summed E-state index contributed by atoms with van der Waals surface area (Å²) in [5.41, 5.74) is 11.2. The zero-order valence-electron chi connectivity index (χ0n) is 18.0. The molecule has 33 heavy (non-hydrogen) atoms. The van der Waals surface area contributed by atoms with Crippen LogP contribution in [0.3, 0.4) is 0 Å². The van der Waals surface area contributed by atoms with Gasteiger partial charge in [-0.05, 0) is 54.4 Å². The van der Waals surface area contributed by atoms with Gasteiger partial charge in [-0.15, -0.1) is 0 Å². The third kappa shape index (κ3) is 6.51. The number of amides is 1. The van der Waals surface area contributed by atoms with Gasteiger partial charge in [0.2, 0.25) is 0 Å². The van der Waals surface area contributed by atoms with Gasteiger partial charge in [0.1, 0.15) is 18.0 Å². The largest absolute Gasteiger partial charge is 0.508 e. The smallest absolute Gasteiger partial charge is 0.325 e. The number of ether oxygens (including phenoxy) is 1. The van der Waals surface area contributed by atoms with E-state index in [9.17, 15) is 14.7 Å². The second kappa shape index (κ2) is 11.2. The molecule has 3 rings (SSSR count). The molecule has 0 aliphatic heterocycles. The molecule has 0 spiro atoms. The van der Waals surface area contributed by atoms with Crippen LogP contribution in [0.5, 0.6) is 5.75 Å². The molecule has 0 aliphatic carbocycles. The zero-order chi connectivity index (χ0) is 23.6. The average molecular weight is 444 g/mol. The lowest BCUT2D eigenvalue weighted by molar-refractivity contribution is -0.141. The average Bonchev–Trinajstić information content (AvgIpc) is 2.83. The number of esters is 1. The number of rotatable bonds is 9. The van der Waals surface area contributed by atoms with Crippen LogP contribution >= 0.6 is 0 Å². The minimum atomic E-state index is -0.407. The van der Waals surface area contributed by atoms with E-state index in [-0.39, 0.29) is 18.2 Å². The Balaban J connectivity index is 1.67. The number of anilines is 1. The molecule has 168 valence electrons. The van der Waals surface area contributed by atoms with E-state index in [1.165, 1.54) is 6.20 Å². The maximum Gasteiger partial charge on any atom is 0.325 e. The first-order valence-electron chi connectivity index (χ1n) is 10.3. The van der Waals surface area contributed by atoms with E-state index >= 15 is 0 Å². The quantitative estimate of drug-likeness (QED) is 0.279. The standard InChI is InChI=1S/C25H24N4O4/c1-2-33-24(31)16-27-15-23(29-26)20-4-3-5-21(14-20)28-25(32)19-8-6-17(7-9-19)18-10-12-22(30)13-11-18/h3-15,26-27,30H,2,16H2,1H3,(H,28,32)/b23-15-,29-26?. The number of hydrogen-bond donors (Lipinski definition) is 4. The van der Waals surface area contributed by atoms with Gasteiger partial charge in [0.15, 0.2) is 0 Å². The third-order valence-electron chi connectivity index (χ3n) is 4.67. The van der Waals surface area contributed by atoms with E-state index in [0.717, 1.165) is 11.1 Å². The van der Waals surface area contributed by atoms with Gasteiger partial charge in [0.05, 0.1) is 6.61 Å². The first kappa shape index (κ1) is 23.2. The van der Waals surface area contributed by atoms with Crippen LogP contribution in [0.1, 0.15) is 22.8 Å². The molecule has 0 saturated carbocycles. The molecule has 0 unspecified atom stereocenters. The predicted octanol–water partition coefficient (Wildman–Crippen LogP) is 4.79. The van der Waals surface area contributed by atoms with Crippen LogP contribution in [0.2, 0.25) is 0 Å². The van der Waals surface area contributed by atoms with Gasteiger partial charge in [-0.25, -0.2) is 5.53 Å². The van der Waals surface area contributed by atoms with E-state index in [0.29, 0.717) is 29.1 Å². The molecular weight excluding hydrogens is 420 g/mol. The number of benzene rings is 3. The third-order valence-corrected chi connectivity index (χ3v) is 4.67. The predicted molar refractivity (Wildman–Crippen MR) is 126 cm³/mol. The van der Waals surface area contributed by atoms with Crippen molar-refractivity contribution in [2.75, 3.05) is 18.5 Å². The summed E-state index contributed by atoms with van der Waals surface area (Å²) in [6, 6.07) is 20.9. The lowest BCUT2D eigenvalue weighted by Crippen LogP contribution is -2.20. The summed E-state index contributed by atoms with van der Waals surface area (Å²) in [6.07, 6.45) is 1.45. The van der Waals surface area contributed by atoms with E-state index in [2.05, 4.69) is 15.7 Å². The molecule has 0 aliphatic rings. The Labute approximate surface area is 191 Å². The molecule has 0 heterocycles. The number of nitrogens with one attached hydrogen (secondary N) is 3. The lowest BCUT2D eigenvalue weighted by Gasteiger charge is -2.09. The van der Waals surface area contributed by atoms with Crippen LogP contribution in [0.15, 0.2) is 84.1 Å². The molecule has 3 aromatic carbocycles. The van der Waals surface area contributed by atoms with Crippen molar-refractivity contribution in [1.82, 2.24) is 5.32 Å². The monoisotopic (exact) mass is 444 g/mol. The Morgan fingerprint density at radius 1 is 1.00 bits per heavy atom. The molecular formula is C25H24N4O4. The highest BCUT2D eigenvalue weighted by molar-refractivity contribution is 6.04. The molecule has 0 atom stereocenters. The molecule has 8 heteroatoms.